The summed E-state index contributed by atoms with van der Waals surface area (Å²) in [4.78, 5) is 13.6. The average Bonchev–Trinajstić information content (AvgIpc) is 2.89. The molecular formula is C31H29O2P. The number of hydrogen-bond donors (Lipinski definition) is 0. The normalized spacial score (nSPS) is 12.7. The Morgan fingerprint density at radius 2 is 1.21 bits per heavy atom. The van der Waals surface area contributed by atoms with Crippen LogP contribution in [0.4, 0.5) is 0 Å². The molecule has 0 spiro atoms. The highest BCUT2D eigenvalue weighted by atomic mass is 31.1. The summed E-state index contributed by atoms with van der Waals surface area (Å²) in [5.74, 6) is -0.315. The third-order valence-corrected chi connectivity index (χ3v) is 8.39. The second-order valence-electron chi connectivity index (χ2n) is 8.40. The fourth-order valence-electron chi connectivity index (χ4n) is 4.16. The molecule has 2 atom stereocenters. The van der Waals surface area contributed by atoms with Crippen LogP contribution in [0.15, 0.2) is 127 Å². The van der Waals surface area contributed by atoms with Crippen molar-refractivity contribution in [2.24, 2.45) is 0 Å². The number of benzene rings is 4. The fraction of sp³-hybridized carbons (Fsp3) is 0.129. The van der Waals surface area contributed by atoms with E-state index < -0.39 is 14.0 Å². The second-order valence-corrected chi connectivity index (χ2v) is 10.6. The summed E-state index contributed by atoms with van der Waals surface area (Å²) in [6, 6.07) is 38.7. The van der Waals surface area contributed by atoms with Crippen molar-refractivity contribution in [3.63, 3.8) is 0 Å². The Morgan fingerprint density at radius 3 is 1.74 bits per heavy atom. The number of carbonyl (C=O) groups is 1. The van der Waals surface area contributed by atoms with Crippen molar-refractivity contribution in [3.05, 3.63) is 139 Å². The Balaban J connectivity index is 1.72. The summed E-state index contributed by atoms with van der Waals surface area (Å²) in [7, 11) is -0.922. The van der Waals surface area contributed by atoms with Crippen LogP contribution in [0, 0.1) is 0 Å². The van der Waals surface area contributed by atoms with E-state index in [2.05, 4.69) is 56.0 Å². The largest absolute Gasteiger partial charge is 0.454 e. The standard InChI is InChI=1S/C31H29O2P/c1-23(2)30(24(3)25-15-7-4-8-16-25)33-31(32)28-21-13-14-22-29(28)34(26-17-9-5-10-18-26)27-19-11-6-12-20-27/h4-22,24,30H,1H2,2-3H3/t24-,30+/m1/s1. The van der Waals surface area contributed by atoms with Gasteiger partial charge in [-0.25, -0.2) is 4.79 Å². The summed E-state index contributed by atoms with van der Waals surface area (Å²) >= 11 is 0. The molecule has 2 nitrogen and oxygen atoms in total. The lowest BCUT2D eigenvalue weighted by atomic mass is 9.91. The van der Waals surface area contributed by atoms with E-state index in [4.69, 9.17) is 4.74 Å². The van der Waals surface area contributed by atoms with Crippen molar-refractivity contribution < 1.29 is 9.53 Å². The average molecular weight is 465 g/mol. The van der Waals surface area contributed by atoms with Gasteiger partial charge in [0.05, 0.1) is 5.56 Å². The van der Waals surface area contributed by atoms with E-state index in [1.165, 1.54) is 10.6 Å². The zero-order valence-corrected chi connectivity index (χ0v) is 20.5. The van der Waals surface area contributed by atoms with Gasteiger partial charge in [0.15, 0.2) is 0 Å². The van der Waals surface area contributed by atoms with Gasteiger partial charge in [0, 0.05) is 5.92 Å². The molecular weight excluding hydrogens is 435 g/mol. The molecule has 0 fully saturated rings. The number of carbonyl (C=O) groups excluding carboxylic acids is 1. The van der Waals surface area contributed by atoms with Gasteiger partial charge in [0.2, 0.25) is 0 Å². The highest BCUT2D eigenvalue weighted by Crippen LogP contribution is 2.35. The molecule has 0 amide bonds. The van der Waals surface area contributed by atoms with E-state index in [1.54, 1.807) is 0 Å². The van der Waals surface area contributed by atoms with Crippen LogP contribution in [0.1, 0.15) is 35.7 Å². The summed E-state index contributed by atoms with van der Waals surface area (Å²) in [6.45, 7) is 8.13. The second kappa shape index (κ2) is 11.1. The molecule has 0 aliphatic heterocycles. The van der Waals surface area contributed by atoms with E-state index >= 15 is 0 Å². The molecule has 0 heterocycles. The van der Waals surface area contributed by atoms with Crippen LogP contribution >= 0.6 is 7.92 Å². The summed E-state index contributed by atoms with van der Waals surface area (Å²) in [5, 5.41) is 3.38. The van der Waals surface area contributed by atoms with Gasteiger partial charge >= 0.3 is 5.97 Å². The first kappa shape index (κ1) is 23.7. The van der Waals surface area contributed by atoms with E-state index in [-0.39, 0.29) is 11.9 Å². The molecule has 3 heteroatoms. The molecule has 0 N–H and O–H groups in total. The van der Waals surface area contributed by atoms with Crippen LogP contribution in [0.25, 0.3) is 0 Å². The monoisotopic (exact) mass is 464 g/mol. The molecule has 0 aliphatic rings. The van der Waals surface area contributed by atoms with Crippen LogP contribution in [-0.2, 0) is 4.74 Å². The van der Waals surface area contributed by atoms with Gasteiger partial charge in [0.25, 0.3) is 0 Å². The predicted molar refractivity (Wildman–Crippen MR) is 144 cm³/mol. The molecule has 4 aromatic carbocycles. The molecule has 34 heavy (non-hydrogen) atoms. The molecule has 4 rings (SSSR count). The Morgan fingerprint density at radius 1 is 0.735 bits per heavy atom. The Bertz CT molecular complexity index is 1200. The molecule has 4 aromatic rings. The summed E-state index contributed by atoms with van der Waals surface area (Å²) in [5.41, 5.74) is 2.55. The minimum absolute atomic E-state index is 0.000398. The highest BCUT2D eigenvalue weighted by molar-refractivity contribution is 7.80. The van der Waals surface area contributed by atoms with Gasteiger partial charge in [-0.2, -0.15) is 0 Å². The molecule has 0 aromatic heterocycles. The van der Waals surface area contributed by atoms with Crippen molar-refractivity contribution in [1.29, 1.82) is 0 Å². The summed E-state index contributed by atoms with van der Waals surface area (Å²) < 4.78 is 6.15. The quantitative estimate of drug-likeness (QED) is 0.173. The maximum Gasteiger partial charge on any atom is 0.339 e. The number of hydrogen-bond acceptors (Lipinski definition) is 2. The third kappa shape index (κ3) is 5.35. The van der Waals surface area contributed by atoms with Crippen molar-refractivity contribution in [2.45, 2.75) is 25.9 Å². The van der Waals surface area contributed by atoms with Crippen LogP contribution in [0.2, 0.25) is 0 Å². The predicted octanol–water partition coefficient (Wildman–Crippen LogP) is 6.35. The zero-order chi connectivity index (χ0) is 23.9. The van der Waals surface area contributed by atoms with E-state index in [9.17, 15) is 4.79 Å². The molecule has 0 aliphatic carbocycles. The van der Waals surface area contributed by atoms with Crippen LogP contribution in [0.3, 0.4) is 0 Å². The van der Waals surface area contributed by atoms with Gasteiger partial charge in [0.1, 0.15) is 6.10 Å². The zero-order valence-electron chi connectivity index (χ0n) is 19.6. The summed E-state index contributed by atoms with van der Waals surface area (Å²) in [6.07, 6.45) is -0.414. The van der Waals surface area contributed by atoms with E-state index in [0.717, 1.165) is 16.4 Å². The molecule has 0 saturated carbocycles. The van der Waals surface area contributed by atoms with Gasteiger partial charge in [-0.05, 0) is 48.0 Å². The first-order chi connectivity index (χ1) is 16.6. The third-order valence-electron chi connectivity index (χ3n) is 5.89. The first-order valence-corrected chi connectivity index (χ1v) is 12.8. The van der Waals surface area contributed by atoms with Crippen LogP contribution in [-0.4, -0.2) is 12.1 Å². The van der Waals surface area contributed by atoms with Crippen molar-refractivity contribution in [1.82, 2.24) is 0 Å². The minimum atomic E-state index is -0.922. The molecule has 170 valence electrons. The maximum absolute atomic E-state index is 13.6. The molecule has 0 unspecified atom stereocenters. The Hall–Kier alpha value is -3.48. The number of esters is 1. The van der Waals surface area contributed by atoms with Crippen molar-refractivity contribution in [3.8, 4) is 0 Å². The molecule has 0 radical (unpaired) electrons. The Kier molecular flexibility index (Phi) is 7.72. The van der Waals surface area contributed by atoms with E-state index in [0.29, 0.717) is 5.56 Å². The van der Waals surface area contributed by atoms with Gasteiger partial charge in [-0.3, -0.25) is 0 Å². The fourth-order valence-corrected chi connectivity index (χ4v) is 6.60. The minimum Gasteiger partial charge on any atom is -0.454 e. The highest BCUT2D eigenvalue weighted by Gasteiger charge is 2.28. The molecule has 0 saturated heterocycles. The van der Waals surface area contributed by atoms with Crippen molar-refractivity contribution >= 4 is 29.8 Å². The lowest BCUT2D eigenvalue weighted by molar-refractivity contribution is 0.0333. The van der Waals surface area contributed by atoms with Crippen LogP contribution < -0.4 is 15.9 Å². The lowest BCUT2D eigenvalue weighted by Crippen LogP contribution is -2.30. The van der Waals surface area contributed by atoms with Gasteiger partial charge in [-0.15, -0.1) is 0 Å². The maximum atomic E-state index is 13.6. The van der Waals surface area contributed by atoms with E-state index in [1.807, 2.05) is 79.7 Å². The van der Waals surface area contributed by atoms with Crippen molar-refractivity contribution in [2.75, 3.05) is 0 Å². The first-order valence-electron chi connectivity index (χ1n) is 11.5. The SMILES string of the molecule is C=C(C)[C@H](OC(=O)c1ccccc1P(c1ccccc1)c1ccccc1)[C@H](C)c1ccccc1. The topological polar surface area (TPSA) is 26.3 Å². The number of rotatable bonds is 8. The van der Waals surface area contributed by atoms with Gasteiger partial charge in [-0.1, -0.05) is 123 Å². The van der Waals surface area contributed by atoms with Gasteiger partial charge < -0.3 is 4.74 Å². The lowest BCUT2D eigenvalue weighted by Gasteiger charge is -2.26. The number of ether oxygens (including phenoxy) is 1. The van der Waals surface area contributed by atoms with Crippen LogP contribution in [0.5, 0.6) is 0 Å². The smallest absolute Gasteiger partial charge is 0.339 e. The Labute approximate surface area is 203 Å². The molecule has 0 bridgehead atoms.